The highest BCUT2D eigenvalue weighted by Crippen LogP contribution is 2.22. The Morgan fingerprint density at radius 1 is 1.12 bits per heavy atom. The summed E-state index contributed by atoms with van der Waals surface area (Å²) in [6.45, 7) is 7.68. The van der Waals surface area contributed by atoms with Crippen LogP contribution in [-0.2, 0) is 16.1 Å². The first kappa shape index (κ1) is 21.0. The van der Waals surface area contributed by atoms with Crippen LogP contribution >= 0.6 is 12.4 Å². The van der Waals surface area contributed by atoms with Gasteiger partial charge in [0.1, 0.15) is 5.75 Å². The lowest BCUT2D eigenvalue weighted by atomic mass is 9.95. The number of halogens is 1. The van der Waals surface area contributed by atoms with Crippen LogP contribution in [0.5, 0.6) is 5.75 Å². The molecule has 7 heteroatoms. The summed E-state index contributed by atoms with van der Waals surface area (Å²) in [6.07, 6.45) is 1.77. The molecule has 1 aromatic carbocycles. The number of hydrogen-bond donors (Lipinski definition) is 2. The Morgan fingerprint density at radius 2 is 1.81 bits per heavy atom. The van der Waals surface area contributed by atoms with Crippen LogP contribution in [0.3, 0.4) is 0 Å². The predicted octanol–water partition coefficient (Wildman–Crippen LogP) is 1.47. The van der Waals surface area contributed by atoms with Gasteiger partial charge in [0, 0.05) is 44.2 Å². The second kappa shape index (κ2) is 10.7. The molecule has 2 saturated heterocycles. The number of phenols is 1. The third-order valence-corrected chi connectivity index (χ3v) is 5.17. The number of carbonyl (C=O) groups excluding carboxylic acids is 1. The Kier molecular flexibility index (Phi) is 8.65. The van der Waals surface area contributed by atoms with Crippen molar-refractivity contribution in [1.29, 1.82) is 0 Å². The van der Waals surface area contributed by atoms with Crippen molar-refractivity contribution in [2.75, 3.05) is 52.5 Å². The van der Waals surface area contributed by atoms with Crippen LogP contribution in [0.2, 0.25) is 0 Å². The Bertz CT molecular complexity index is 559. The molecular weight excluding hydrogens is 354 g/mol. The molecule has 0 saturated carbocycles. The maximum Gasteiger partial charge on any atom is 0.223 e. The lowest BCUT2D eigenvalue weighted by molar-refractivity contribution is -0.126. The summed E-state index contributed by atoms with van der Waals surface area (Å²) < 4.78 is 5.33. The van der Waals surface area contributed by atoms with E-state index in [1.165, 1.54) is 0 Å². The average molecular weight is 384 g/mol. The van der Waals surface area contributed by atoms with Gasteiger partial charge < -0.3 is 15.2 Å². The first-order valence-corrected chi connectivity index (χ1v) is 9.29. The number of nitrogens with zero attached hydrogens (tertiary/aromatic N) is 2. The quantitative estimate of drug-likeness (QED) is 0.778. The molecule has 2 N–H and O–H groups in total. The zero-order chi connectivity index (χ0) is 17.5. The van der Waals surface area contributed by atoms with Crippen molar-refractivity contribution in [2.45, 2.75) is 19.4 Å². The lowest BCUT2D eigenvalue weighted by Gasteiger charge is -2.31. The molecule has 146 valence electrons. The first-order chi connectivity index (χ1) is 12.2. The minimum atomic E-state index is 0. The Balaban J connectivity index is 0.00000243. The fourth-order valence-corrected chi connectivity index (χ4v) is 3.55. The van der Waals surface area contributed by atoms with E-state index in [-0.39, 0.29) is 24.2 Å². The molecule has 1 amide bonds. The van der Waals surface area contributed by atoms with Gasteiger partial charge in [-0.05, 0) is 32.0 Å². The zero-order valence-corrected chi connectivity index (χ0v) is 16.0. The van der Waals surface area contributed by atoms with Crippen LogP contribution in [0.4, 0.5) is 0 Å². The zero-order valence-electron chi connectivity index (χ0n) is 15.2. The van der Waals surface area contributed by atoms with E-state index in [0.29, 0.717) is 5.75 Å². The smallest absolute Gasteiger partial charge is 0.223 e. The predicted molar refractivity (Wildman–Crippen MR) is 104 cm³/mol. The summed E-state index contributed by atoms with van der Waals surface area (Å²) >= 11 is 0. The standard InChI is InChI=1S/C19H29N3O3.ClH/c23-18-4-2-1-3-17(18)15-22-8-5-16(6-9-22)19(24)20-7-10-21-11-13-25-14-12-21;/h1-4,16,23H,5-15H2,(H,20,24);1H. The maximum absolute atomic E-state index is 12.3. The van der Waals surface area contributed by atoms with Crippen molar-refractivity contribution in [1.82, 2.24) is 15.1 Å². The number of para-hydroxylation sites is 1. The molecule has 0 radical (unpaired) electrons. The minimum absolute atomic E-state index is 0. The van der Waals surface area contributed by atoms with Crippen molar-refractivity contribution in [3.8, 4) is 5.75 Å². The first-order valence-electron chi connectivity index (χ1n) is 9.29. The summed E-state index contributed by atoms with van der Waals surface area (Å²) in [5.41, 5.74) is 0.955. The number of piperidine rings is 1. The van der Waals surface area contributed by atoms with Gasteiger partial charge in [-0.15, -0.1) is 12.4 Å². The largest absolute Gasteiger partial charge is 0.508 e. The van der Waals surface area contributed by atoms with Gasteiger partial charge in [-0.1, -0.05) is 18.2 Å². The van der Waals surface area contributed by atoms with E-state index in [4.69, 9.17) is 4.74 Å². The van der Waals surface area contributed by atoms with Crippen LogP contribution in [0.25, 0.3) is 0 Å². The van der Waals surface area contributed by atoms with E-state index in [9.17, 15) is 9.90 Å². The molecular formula is C19H30ClN3O3. The fraction of sp³-hybridized carbons (Fsp3) is 0.632. The third kappa shape index (κ3) is 6.13. The molecule has 6 nitrogen and oxygen atoms in total. The molecule has 0 spiro atoms. The lowest BCUT2D eigenvalue weighted by Crippen LogP contribution is -2.44. The van der Waals surface area contributed by atoms with Crippen LogP contribution in [0, 0.1) is 5.92 Å². The SMILES string of the molecule is Cl.O=C(NCCN1CCOCC1)C1CCN(Cc2ccccc2O)CC1. The Hall–Kier alpha value is -1.34. The maximum atomic E-state index is 12.3. The minimum Gasteiger partial charge on any atom is -0.508 e. The number of nitrogens with one attached hydrogen (secondary N) is 1. The van der Waals surface area contributed by atoms with Crippen LogP contribution in [0.1, 0.15) is 18.4 Å². The molecule has 0 aromatic heterocycles. The number of hydrogen-bond acceptors (Lipinski definition) is 5. The molecule has 3 rings (SSSR count). The van der Waals surface area contributed by atoms with Gasteiger partial charge in [-0.2, -0.15) is 0 Å². The number of ether oxygens (including phenoxy) is 1. The van der Waals surface area contributed by atoms with Crippen molar-refractivity contribution >= 4 is 18.3 Å². The number of aromatic hydroxyl groups is 1. The molecule has 0 atom stereocenters. The molecule has 0 aliphatic carbocycles. The van der Waals surface area contributed by atoms with Gasteiger partial charge in [-0.25, -0.2) is 0 Å². The summed E-state index contributed by atoms with van der Waals surface area (Å²) in [4.78, 5) is 17.0. The van der Waals surface area contributed by atoms with Gasteiger partial charge in [0.2, 0.25) is 5.91 Å². The molecule has 2 fully saturated rings. The molecule has 2 aliphatic heterocycles. The Morgan fingerprint density at radius 3 is 2.50 bits per heavy atom. The number of benzene rings is 1. The molecule has 2 heterocycles. The van der Waals surface area contributed by atoms with E-state index < -0.39 is 0 Å². The van der Waals surface area contributed by atoms with E-state index in [1.54, 1.807) is 6.07 Å². The second-order valence-corrected chi connectivity index (χ2v) is 6.92. The number of rotatable bonds is 6. The Labute approximate surface area is 161 Å². The van der Waals surface area contributed by atoms with Gasteiger partial charge in [0.25, 0.3) is 0 Å². The number of amides is 1. The molecule has 1 aromatic rings. The van der Waals surface area contributed by atoms with E-state index in [1.807, 2.05) is 18.2 Å². The highest BCUT2D eigenvalue weighted by Gasteiger charge is 2.25. The number of likely N-dealkylation sites (tertiary alicyclic amines) is 1. The molecule has 2 aliphatic rings. The third-order valence-electron chi connectivity index (χ3n) is 5.17. The molecule has 26 heavy (non-hydrogen) atoms. The highest BCUT2D eigenvalue weighted by molar-refractivity contribution is 5.85. The van der Waals surface area contributed by atoms with Crippen molar-refractivity contribution in [3.63, 3.8) is 0 Å². The van der Waals surface area contributed by atoms with Gasteiger partial charge >= 0.3 is 0 Å². The second-order valence-electron chi connectivity index (χ2n) is 6.92. The average Bonchev–Trinajstić information content (AvgIpc) is 2.65. The monoisotopic (exact) mass is 383 g/mol. The van der Waals surface area contributed by atoms with Gasteiger partial charge in [0.05, 0.1) is 13.2 Å². The van der Waals surface area contributed by atoms with Crippen molar-refractivity contribution < 1.29 is 14.6 Å². The number of carbonyl (C=O) groups is 1. The summed E-state index contributed by atoms with van der Waals surface area (Å²) in [6, 6.07) is 7.47. The van der Waals surface area contributed by atoms with E-state index >= 15 is 0 Å². The van der Waals surface area contributed by atoms with Crippen LogP contribution in [0.15, 0.2) is 24.3 Å². The van der Waals surface area contributed by atoms with Crippen LogP contribution in [-0.4, -0.2) is 73.3 Å². The summed E-state index contributed by atoms with van der Waals surface area (Å²) in [5, 5.41) is 13.0. The number of phenolic OH excluding ortho intramolecular Hbond substituents is 1. The van der Waals surface area contributed by atoms with Crippen molar-refractivity contribution in [2.24, 2.45) is 5.92 Å². The van der Waals surface area contributed by atoms with E-state index in [2.05, 4.69) is 15.1 Å². The molecule has 0 unspecified atom stereocenters. The van der Waals surface area contributed by atoms with Crippen LogP contribution < -0.4 is 5.32 Å². The van der Waals surface area contributed by atoms with Gasteiger partial charge in [-0.3, -0.25) is 14.6 Å². The fourth-order valence-electron chi connectivity index (χ4n) is 3.55. The van der Waals surface area contributed by atoms with Crippen molar-refractivity contribution in [3.05, 3.63) is 29.8 Å². The number of morpholine rings is 1. The summed E-state index contributed by atoms with van der Waals surface area (Å²) in [5.74, 6) is 0.659. The molecule has 0 bridgehead atoms. The van der Waals surface area contributed by atoms with Gasteiger partial charge in [0.15, 0.2) is 0 Å². The van der Waals surface area contributed by atoms with E-state index in [0.717, 1.165) is 77.4 Å². The normalized spacial score (nSPS) is 19.7. The highest BCUT2D eigenvalue weighted by atomic mass is 35.5. The summed E-state index contributed by atoms with van der Waals surface area (Å²) in [7, 11) is 0. The topological polar surface area (TPSA) is 65.0 Å².